The molecule has 27 heavy (non-hydrogen) atoms. The summed E-state index contributed by atoms with van der Waals surface area (Å²) in [5, 5.41) is 6.42. The summed E-state index contributed by atoms with van der Waals surface area (Å²) in [4.78, 5) is 4.49. The molecule has 0 unspecified atom stereocenters. The molecule has 0 aliphatic carbocycles. The molecule has 0 heterocycles. The molecule has 0 bridgehead atoms. The third-order valence-electron chi connectivity index (χ3n) is 3.65. The lowest BCUT2D eigenvalue weighted by Crippen LogP contribution is -2.36. The van der Waals surface area contributed by atoms with E-state index in [-0.39, 0.29) is 12.4 Å². The highest BCUT2D eigenvalue weighted by Gasteiger charge is 2.06. The Morgan fingerprint density at radius 3 is 2.70 bits per heavy atom. The summed E-state index contributed by atoms with van der Waals surface area (Å²) in [6.45, 7) is 3.79. The summed E-state index contributed by atoms with van der Waals surface area (Å²) < 4.78 is 24.1. The van der Waals surface area contributed by atoms with Gasteiger partial charge in [-0.2, -0.15) is 0 Å². The van der Waals surface area contributed by atoms with Crippen LogP contribution in [0, 0.1) is 18.2 Å². The molecule has 2 N–H and O–H groups in total. The van der Waals surface area contributed by atoms with Crippen LogP contribution in [0.3, 0.4) is 0 Å². The van der Waals surface area contributed by atoms with E-state index < -0.39 is 0 Å². The first-order valence-electron chi connectivity index (χ1n) is 8.66. The van der Waals surface area contributed by atoms with Gasteiger partial charge in [0.15, 0.2) is 17.5 Å². The van der Waals surface area contributed by atoms with Crippen molar-refractivity contribution in [2.24, 2.45) is 4.99 Å². The summed E-state index contributed by atoms with van der Waals surface area (Å²) in [5.74, 6) is 4.04. The minimum Gasteiger partial charge on any atom is -0.493 e. The molecule has 0 aliphatic heterocycles. The van der Waals surface area contributed by atoms with E-state index in [0.717, 1.165) is 11.1 Å². The van der Waals surface area contributed by atoms with Crippen molar-refractivity contribution in [3.05, 3.63) is 59.4 Å². The number of nitrogens with one attached hydrogen (secondary N) is 2. The van der Waals surface area contributed by atoms with Gasteiger partial charge in [0, 0.05) is 13.1 Å². The van der Waals surface area contributed by atoms with Crippen molar-refractivity contribution in [1.29, 1.82) is 0 Å². The van der Waals surface area contributed by atoms with Crippen LogP contribution in [-0.4, -0.2) is 26.2 Å². The average Bonchev–Trinajstić information content (AvgIpc) is 2.68. The summed E-state index contributed by atoms with van der Waals surface area (Å²) in [5.41, 5.74) is 1.79. The fraction of sp³-hybridized carbons (Fsp3) is 0.286. The maximum atomic E-state index is 13.3. The number of terminal acetylenes is 1. The quantitative estimate of drug-likeness (QED) is 0.427. The molecule has 2 rings (SSSR count). The second kappa shape index (κ2) is 10.7. The van der Waals surface area contributed by atoms with Gasteiger partial charge in [0.25, 0.3) is 0 Å². The molecular weight excluding hydrogens is 345 g/mol. The number of guanidine groups is 1. The van der Waals surface area contributed by atoms with E-state index in [0.29, 0.717) is 37.1 Å². The highest BCUT2D eigenvalue weighted by molar-refractivity contribution is 5.79. The predicted octanol–water partition coefficient (Wildman–Crippen LogP) is 3.10. The number of aliphatic imine (C=N–C) groups is 1. The standard InChI is InChI=1S/C21H24FN3O2/c1-4-11-27-20-13-17(9-10-19(20)26-3)15-25-21(23-5-2)24-14-16-7-6-8-18(22)12-16/h1,6-10,12-13H,5,11,14-15H2,2-3H3,(H2,23,24,25). The molecule has 0 fully saturated rings. The SMILES string of the molecule is C#CCOc1cc(CNC(=NCc2cccc(F)c2)NCC)ccc1OC. The molecule has 0 amide bonds. The number of halogens is 1. The summed E-state index contributed by atoms with van der Waals surface area (Å²) >= 11 is 0. The monoisotopic (exact) mass is 369 g/mol. The molecule has 0 aliphatic rings. The second-order valence-corrected chi connectivity index (χ2v) is 5.66. The zero-order chi connectivity index (χ0) is 19.5. The van der Waals surface area contributed by atoms with Gasteiger partial charge in [0.1, 0.15) is 12.4 Å². The lowest BCUT2D eigenvalue weighted by Gasteiger charge is -2.14. The molecule has 0 radical (unpaired) electrons. The van der Waals surface area contributed by atoms with Crippen molar-refractivity contribution in [2.45, 2.75) is 20.0 Å². The van der Waals surface area contributed by atoms with Crippen LogP contribution in [0.2, 0.25) is 0 Å². The number of nitrogens with zero attached hydrogens (tertiary/aromatic N) is 1. The number of hydrogen-bond acceptors (Lipinski definition) is 3. The zero-order valence-corrected chi connectivity index (χ0v) is 15.6. The average molecular weight is 369 g/mol. The Labute approximate surface area is 159 Å². The number of hydrogen-bond donors (Lipinski definition) is 2. The third-order valence-corrected chi connectivity index (χ3v) is 3.65. The van der Waals surface area contributed by atoms with Crippen LogP contribution in [-0.2, 0) is 13.1 Å². The number of ether oxygens (including phenoxy) is 2. The van der Waals surface area contributed by atoms with Gasteiger partial charge in [-0.25, -0.2) is 9.38 Å². The zero-order valence-electron chi connectivity index (χ0n) is 15.6. The van der Waals surface area contributed by atoms with Gasteiger partial charge < -0.3 is 20.1 Å². The highest BCUT2D eigenvalue weighted by atomic mass is 19.1. The molecule has 2 aromatic rings. The molecule has 0 spiro atoms. The summed E-state index contributed by atoms with van der Waals surface area (Å²) in [6.07, 6.45) is 5.25. The largest absolute Gasteiger partial charge is 0.493 e. The molecule has 0 saturated carbocycles. The topological polar surface area (TPSA) is 54.9 Å². The predicted molar refractivity (Wildman–Crippen MR) is 105 cm³/mol. The minimum absolute atomic E-state index is 0.172. The maximum absolute atomic E-state index is 13.3. The van der Waals surface area contributed by atoms with Gasteiger partial charge >= 0.3 is 0 Å². The highest BCUT2D eigenvalue weighted by Crippen LogP contribution is 2.27. The molecule has 142 valence electrons. The summed E-state index contributed by atoms with van der Waals surface area (Å²) in [7, 11) is 1.58. The van der Waals surface area contributed by atoms with E-state index in [2.05, 4.69) is 21.5 Å². The van der Waals surface area contributed by atoms with Crippen molar-refractivity contribution in [1.82, 2.24) is 10.6 Å². The van der Waals surface area contributed by atoms with Crippen molar-refractivity contribution < 1.29 is 13.9 Å². The van der Waals surface area contributed by atoms with Crippen LogP contribution >= 0.6 is 0 Å². The molecular formula is C21H24FN3O2. The Bertz CT molecular complexity index is 815. The first-order valence-corrected chi connectivity index (χ1v) is 8.66. The van der Waals surface area contributed by atoms with Crippen molar-refractivity contribution in [3.63, 3.8) is 0 Å². The fourth-order valence-corrected chi connectivity index (χ4v) is 2.40. The van der Waals surface area contributed by atoms with Crippen molar-refractivity contribution in [2.75, 3.05) is 20.3 Å². The van der Waals surface area contributed by atoms with E-state index in [1.54, 1.807) is 13.2 Å². The smallest absolute Gasteiger partial charge is 0.191 e. The van der Waals surface area contributed by atoms with Gasteiger partial charge in [0.2, 0.25) is 0 Å². The van der Waals surface area contributed by atoms with Crippen LogP contribution < -0.4 is 20.1 Å². The van der Waals surface area contributed by atoms with Gasteiger partial charge in [-0.1, -0.05) is 24.1 Å². The molecule has 5 nitrogen and oxygen atoms in total. The molecule has 2 aromatic carbocycles. The minimum atomic E-state index is -0.265. The lowest BCUT2D eigenvalue weighted by molar-refractivity contribution is 0.330. The Hall–Kier alpha value is -3.20. The van der Waals surface area contributed by atoms with Crippen LogP contribution in [0.25, 0.3) is 0 Å². The normalized spacial score (nSPS) is 10.8. The van der Waals surface area contributed by atoms with Gasteiger partial charge in [-0.15, -0.1) is 6.42 Å². The third kappa shape index (κ3) is 6.55. The van der Waals surface area contributed by atoms with Gasteiger partial charge in [-0.3, -0.25) is 0 Å². The van der Waals surface area contributed by atoms with Crippen LogP contribution in [0.15, 0.2) is 47.5 Å². The fourth-order valence-electron chi connectivity index (χ4n) is 2.40. The summed E-state index contributed by atoms with van der Waals surface area (Å²) in [6, 6.07) is 12.1. The first-order chi connectivity index (χ1) is 13.2. The van der Waals surface area contributed by atoms with Crippen molar-refractivity contribution in [3.8, 4) is 23.8 Å². The Morgan fingerprint density at radius 2 is 2.00 bits per heavy atom. The first kappa shape index (κ1) is 20.1. The Balaban J connectivity index is 2.04. The van der Waals surface area contributed by atoms with Gasteiger partial charge in [0.05, 0.1) is 13.7 Å². The Morgan fingerprint density at radius 1 is 1.15 bits per heavy atom. The van der Waals surface area contributed by atoms with Crippen molar-refractivity contribution >= 4 is 5.96 Å². The number of rotatable bonds is 8. The van der Waals surface area contributed by atoms with Crippen LogP contribution in [0.5, 0.6) is 11.5 Å². The van der Waals surface area contributed by atoms with Gasteiger partial charge in [-0.05, 0) is 42.3 Å². The lowest BCUT2D eigenvalue weighted by atomic mass is 10.2. The molecule has 6 heteroatoms. The van der Waals surface area contributed by atoms with E-state index in [1.165, 1.54) is 12.1 Å². The molecule has 0 aromatic heterocycles. The Kier molecular flexibility index (Phi) is 7.98. The van der Waals surface area contributed by atoms with Crippen LogP contribution in [0.4, 0.5) is 4.39 Å². The van der Waals surface area contributed by atoms with E-state index in [1.807, 2.05) is 31.2 Å². The van der Waals surface area contributed by atoms with Crippen LogP contribution in [0.1, 0.15) is 18.1 Å². The van der Waals surface area contributed by atoms with E-state index in [9.17, 15) is 4.39 Å². The number of methoxy groups -OCH3 is 1. The molecule has 0 atom stereocenters. The van der Waals surface area contributed by atoms with E-state index >= 15 is 0 Å². The second-order valence-electron chi connectivity index (χ2n) is 5.66. The number of benzene rings is 2. The molecule has 0 saturated heterocycles. The maximum Gasteiger partial charge on any atom is 0.191 e. The van der Waals surface area contributed by atoms with E-state index in [4.69, 9.17) is 15.9 Å².